The maximum absolute atomic E-state index is 12.7. The predicted octanol–water partition coefficient (Wildman–Crippen LogP) is 7.17. The van der Waals surface area contributed by atoms with Crippen molar-refractivity contribution in [1.29, 1.82) is 0 Å². The Morgan fingerprint density at radius 2 is 1.33 bits per heavy atom. The second kappa shape index (κ2) is 18.7. The van der Waals surface area contributed by atoms with Gasteiger partial charge in [-0.2, -0.15) is 0 Å². The lowest BCUT2D eigenvalue weighted by molar-refractivity contribution is -0.140. The SMILES string of the molecule is C=CC(=O)OCCCCOc1ccc(C(=O)OC2=CC=C(OC(O)c3ccc(-c4ccc(OCCOC(=O)C(=C)C)cc4)cc3)CC2)cc1. The van der Waals surface area contributed by atoms with Gasteiger partial charge >= 0.3 is 17.9 Å². The highest BCUT2D eigenvalue weighted by molar-refractivity contribution is 5.90. The first-order chi connectivity index (χ1) is 23.7. The van der Waals surface area contributed by atoms with Gasteiger partial charge in [-0.3, -0.25) is 0 Å². The third-order valence-electron chi connectivity index (χ3n) is 7.19. The van der Waals surface area contributed by atoms with E-state index in [1.54, 1.807) is 55.5 Å². The van der Waals surface area contributed by atoms with E-state index in [2.05, 4.69) is 13.2 Å². The van der Waals surface area contributed by atoms with Gasteiger partial charge in [-0.1, -0.05) is 49.6 Å². The molecule has 0 fully saturated rings. The molecule has 1 aliphatic rings. The van der Waals surface area contributed by atoms with Crippen molar-refractivity contribution < 1.29 is 47.9 Å². The van der Waals surface area contributed by atoms with Gasteiger partial charge in [-0.05, 0) is 79.4 Å². The number of unbranched alkanes of at least 4 members (excludes halogenated alkanes) is 1. The van der Waals surface area contributed by atoms with Crippen LogP contribution in [0.4, 0.5) is 0 Å². The third-order valence-corrected chi connectivity index (χ3v) is 7.19. The molecule has 1 atom stereocenters. The molecule has 10 nitrogen and oxygen atoms in total. The van der Waals surface area contributed by atoms with Crippen LogP contribution in [0.1, 0.15) is 54.8 Å². The lowest BCUT2D eigenvalue weighted by Gasteiger charge is -2.19. The van der Waals surface area contributed by atoms with Crippen LogP contribution in [0.3, 0.4) is 0 Å². The van der Waals surface area contributed by atoms with Gasteiger partial charge in [0.25, 0.3) is 0 Å². The number of benzene rings is 3. The van der Waals surface area contributed by atoms with Crippen molar-refractivity contribution in [3.8, 4) is 22.6 Å². The zero-order valence-corrected chi connectivity index (χ0v) is 27.4. The molecule has 3 aromatic carbocycles. The van der Waals surface area contributed by atoms with Crippen LogP contribution in [-0.2, 0) is 28.5 Å². The molecule has 0 saturated carbocycles. The van der Waals surface area contributed by atoms with Crippen LogP contribution in [0.2, 0.25) is 0 Å². The van der Waals surface area contributed by atoms with Crippen molar-refractivity contribution in [2.45, 2.75) is 38.9 Å². The minimum atomic E-state index is -1.16. The summed E-state index contributed by atoms with van der Waals surface area (Å²) in [6.45, 7) is 9.60. The lowest BCUT2D eigenvalue weighted by Crippen LogP contribution is -2.12. The quantitative estimate of drug-likeness (QED) is 0.0490. The first kappa shape index (κ1) is 36.2. The van der Waals surface area contributed by atoms with Gasteiger partial charge in [0.05, 0.1) is 18.8 Å². The maximum Gasteiger partial charge on any atom is 0.343 e. The Kier molecular flexibility index (Phi) is 13.8. The number of esters is 3. The number of hydrogen-bond acceptors (Lipinski definition) is 10. The van der Waals surface area contributed by atoms with Crippen molar-refractivity contribution in [2.24, 2.45) is 0 Å². The molecule has 0 saturated heterocycles. The van der Waals surface area contributed by atoms with Crippen molar-refractivity contribution >= 4 is 17.9 Å². The fourth-order valence-electron chi connectivity index (χ4n) is 4.49. The van der Waals surface area contributed by atoms with E-state index in [0.29, 0.717) is 78.6 Å². The van der Waals surface area contributed by atoms with Crippen LogP contribution in [0.15, 0.2) is 121 Å². The summed E-state index contributed by atoms with van der Waals surface area (Å²) in [7, 11) is 0. The molecule has 256 valence electrons. The summed E-state index contributed by atoms with van der Waals surface area (Å²) in [4.78, 5) is 35.1. The van der Waals surface area contributed by atoms with E-state index in [9.17, 15) is 19.5 Å². The van der Waals surface area contributed by atoms with Crippen molar-refractivity contribution in [3.63, 3.8) is 0 Å². The minimum absolute atomic E-state index is 0.135. The molecule has 1 aliphatic carbocycles. The average molecular weight is 669 g/mol. The van der Waals surface area contributed by atoms with Crippen LogP contribution in [-0.4, -0.2) is 49.4 Å². The van der Waals surface area contributed by atoms with Gasteiger partial charge in [0.2, 0.25) is 6.29 Å². The molecule has 0 amide bonds. The molecular formula is C39H40O10. The van der Waals surface area contributed by atoms with Crippen molar-refractivity contribution in [2.75, 3.05) is 26.4 Å². The molecule has 0 bridgehead atoms. The van der Waals surface area contributed by atoms with E-state index in [0.717, 1.165) is 17.2 Å². The van der Waals surface area contributed by atoms with E-state index in [1.165, 1.54) is 0 Å². The van der Waals surface area contributed by atoms with Crippen LogP contribution >= 0.6 is 0 Å². The van der Waals surface area contributed by atoms with E-state index in [1.807, 2.05) is 36.4 Å². The molecule has 3 aromatic rings. The largest absolute Gasteiger partial charge is 0.494 e. The second-order valence-corrected chi connectivity index (χ2v) is 11.0. The molecule has 49 heavy (non-hydrogen) atoms. The number of rotatable bonds is 18. The van der Waals surface area contributed by atoms with E-state index < -0.39 is 24.2 Å². The molecule has 0 aliphatic heterocycles. The summed E-state index contributed by atoms with van der Waals surface area (Å²) < 4.78 is 32.6. The number of aliphatic hydroxyl groups is 1. The standard InChI is InChI=1S/C39H40O10/c1-4-36(40)46-24-6-5-23-44-32-17-13-31(14-18-32)39(43)49-35-21-19-34(20-22-35)48-38(42)30-9-7-28(8-10-30)29-11-15-33(16-12-29)45-25-26-47-37(41)27(2)3/h4,7-19,21,38,42H,1-2,5-6,20,22-26H2,3H3. The van der Waals surface area contributed by atoms with Crippen LogP contribution in [0.25, 0.3) is 11.1 Å². The first-order valence-corrected chi connectivity index (χ1v) is 15.9. The Balaban J connectivity index is 1.19. The van der Waals surface area contributed by atoms with Crippen molar-refractivity contribution in [1.82, 2.24) is 0 Å². The molecular weight excluding hydrogens is 628 g/mol. The number of allylic oxidation sites excluding steroid dienone is 4. The smallest absolute Gasteiger partial charge is 0.343 e. The summed E-state index contributed by atoms with van der Waals surface area (Å²) in [5, 5.41) is 10.7. The fourth-order valence-corrected chi connectivity index (χ4v) is 4.49. The number of aliphatic hydroxyl groups excluding tert-OH is 1. The third kappa shape index (κ3) is 11.9. The molecule has 0 heterocycles. The summed E-state index contributed by atoms with van der Waals surface area (Å²) in [5.74, 6) is 0.967. The Morgan fingerprint density at radius 1 is 0.755 bits per heavy atom. The Morgan fingerprint density at radius 3 is 1.94 bits per heavy atom. The summed E-state index contributed by atoms with van der Waals surface area (Å²) >= 11 is 0. The topological polar surface area (TPSA) is 127 Å². The molecule has 1 unspecified atom stereocenters. The van der Waals surface area contributed by atoms with E-state index in [-0.39, 0.29) is 13.2 Å². The highest BCUT2D eigenvalue weighted by Gasteiger charge is 2.17. The predicted molar refractivity (Wildman–Crippen MR) is 182 cm³/mol. The molecule has 10 heteroatoms. The van der Waals surface area contributed by atoms with Crippen LogP contribution in [0, 0.1) is 0 Å². The number of carbonyl (C=O) groups is 3. The van der Waals surface area contributed by atoms with Gasteiger partial charge in [-0.25, -0.2) is 14.4 Å². The van der Waals surface area contributed by atoms with Gasteiger partial charge in [0.1, 0.15) is 36.2 Å². The average Bonchev–Trinajstić information content (AvgIpc) is 3.12. The first-order valence-electron chi connectivity index (χ1n) is 15.9. The Bertz CT molecular complexity index is 1650. The number of ether oxygens (including phenoxy) is 6. The lowest BCUT2D eigenvalue weighted by atomic mass is 10.0. The normalized spacial score (nSPS) is 12.8. The number of carbonyl (C=O) groups excluding carboxylic acids is 3. The summed E-state index contributed by atoms with van der Waals surface area (Å²) in [6, 6.07) is 21.6. The van der Waals surface area contributed by atoms with Crippen LogP contribution < -0.4 is 9.47 Å². The second-order valence-electron chi connectivity index (χ2n) is 11.0. The van der Waals surface area contributed by atoms with Crippen molar-refractivity contribution in [3.05, 3.63) is 132 Å². The Labute approximate surface area is 285 Å². The monoisotopic (exact) mass is 668 g/mol. The molecule has 4 rings (SSSR count). The minimum Gasteiger partial charge on any atom is -0.494 e. The highest BCUT2D eigenvalue weighted by atomic mass is 16.6. The van der Waals surface area contributed by atoms with E-state index >= 15 is 0 Å². The Hall–Kier alpha value is -5.61. The maximum atomic E-state index is 12.7. The number of hydrogen-bond donors (Lipinski definition) is 1. The highest BCUT2D eigenvalue weighted by Crippen LogP contribution is 2.28. The van der Waals surface area contributed by atoms with E-state index in [4.69, 9.17) is 28.4 Å². The molecule has 0 radical (unpaired) electrons. The zero-order chi connectivity index (χ0) is 35.0. The van der Waals surface area contributed by atoms with Gasteiger partial charge in [0, 0.05) is 30.1 Å². The molecule has 1 N–H and O–H groups in total. The van der Waals surface area contributed by atoms with Gasteiger partial charge < -0.3 is 33.5 Å². The summed E-state index contributed by atoms with van der Waals surface area (Å²) in [6.07, 6.45) is 5.59. The zero-order valence-electron chi connectivity index (χ0n) is 27.4. The van der Waals surface area contributed by atoms with Crippen LogP contribution in [0.5, 0.6) is 11.5 Å². The summed E-state index contributed by atoms with van der Waals surface area (Å²) in [5.41, 5.74) is 3.24. The van der Waals surface area contributed by atoms with Gasteiger partial charge in [0.15, 0.2) is 0 Å². The molecule has 0 aromatic heterocycles. The fraction of sp³-hybridized carbons (Fsp3) is 0.256. The van der Waals surface area contributed by atoms with Gasteiger partial charge in [-0.15, -0.1) is 0 Å². The molecule has 0 spiro atoms.